The Morgan fingerprint density at radius 1 is 0.811 bits per heavy atom. The molecule has 4 rings (SSSR count). The van der Waals surface area contributed by atoms with Crippen LogP contribution in [-0.4, -0.2) is 26.5 Å². The summed E-state index contributed by atoms with van der Waals surface area (Å²) in [6.07, 6.45) is 1.45. The molecule has 0 saturated heterocycles. The molecule has 0 saturated carbocycles. The van der Waals surface area contributed by atoms with Crippen LogP contribution in [-0.2, 0) is 10.0 Å². The predicted molar refractivity (Wildman–Crippen MR) is 149 cm³/mol. The van der Waals surface area contributed by atoms with Crippen LogP contribution in [0.5, 0.6) is 5.75 Å². The van der Waals surface area contributed by atoms with Gasteiger partial charge in [0.05, 0.1) is 16.7 Å². The quantitative estimate of drug-likeness (QED) is 0.0933. The Labute approximate surface area is 227 Å². The topological polar surface area (TPSA) is 114 Å². The number of hydrogen-bond acceptors (Lipinski definition) is 6. The highest BCUT2D eigenvalue weighted by atomic mass is 127. The highest BCUT2D eigenvalue weighted by Gasteiger charge is 2.14. The third kappa shape index (κ3) is 7.02. The van der Waals surface area contributed by atoms with Crippen LogP contribution in [0.4, 0.5) is 5.69 Å². The van der Waals surface area contributed by atoms with E-state index in [0.717, 1.165) is 3.57 Å². The van der Waals surface area contributed by atoms with Crippen molar-refractivity contribution in [3.05, 3.63) is 123 Å². The Hall–Kier alpha value is -4.03. The van der Waals surface area contributed by atoms with E-state index in [9.17, 15) is 18.0 Å². The number of nitrogens with one attached hydrogen (secondary N) is 2. The molecule has 0 aliphatic carbocycles. The van der Waals surface area contributed by atoms with Gasteiger partial charge in [0.2, 0.25) is 0 Å². The molecular weight excluding hydrogens is 605 g/mol. The molecule has 0 bridgehead atoms. The van der Waals surface area contributed by atoms with Gasteiger partial charge in [0.15, 0.2) is 0 Å². The zero-order valence-corrected chi connectivity index (χ0v) is 22.1. The number of hydrogen-bond donors (Lipinski definition) is 2. The Morgan fingerprint density at radius 2 is 1.46 bits per heavy atom. The van der Waals surface area contributed by atoms with E-state index in [4.69, 9.17) is 4.74 Å². The largest absolute Gasteiger partial charge is 0.423 e. The number of esters is 1. The molecule has 0 aromatic heterocycles. The van der Waals surface area contributed by atoms with E-state index in [1.807, 2.05) is 12.1 Å². The maximum absolute atomic E-state index is 12.4. The number of sulfonamides is 1. The second kappa shape index (κ2) is 11.8. The second-order valence-corrected chi connectivity index (χ2v) is 10.5. The van der Waals surface area contributed by atoms with E-state index in [-0.39, 0.29) is 4.90 Å². The first-order chi connectivity index (χ1) is 17.8. The number of nitrogens with zero attached hydrogens (tertiary/aromatic N) is 1. The summed E-state index contributed by atoms with van der Waals surface area (Å²) in [5.74, 6) is -0.525. The number of amides is 1. The van der Waals surface area contributed by atoms with E-state index in [0.29, 0.717) is 28.1 Å². The van der Waals surface area contributed by atoms with Gasteiger partial charge in [-0.1, -0.05) is 30.3 Å². The van der Waals surface area contributed by atoms with E-state index in [1.54, 1.807) is 54.6 Å². The van der Waals surface area contributed by atoms with E-state index >= 15 is 0 Å². The normalized spacial score (nSPS) is 11.2. The monoisotopic (exact) mass is 625 g/mol. The first-order valence-corrected chi connectivity index (χ1v) is 13.5. The zero-order chi connectivity index (χ0) is 26.3. The molecule has 4 aromatic rings. The van der Waals surface area contributed by atoms with Gasteiger partial charge in [-0.25, -0.2) is 18.6 Å². The maximum Gasteiger partial charge on any atom is 0.344 e. The molecule has 2 N–H and O–H groups in total. The summed E-state index contributed by atoms with van der Waals surface area (Å²) in [5.41, 5.74) is 4.22. The third-order valence-corrected chi connectivity index (χ3v) is 7.35. The Morgan fingerprint density at radius 3 is 2.14 bits per heavy atom. The highest BCUT2D eigenvalue weighted by molar-refractivity contribution is 14.1. The standard InChI is InChI=1S/C27H20IN3O5S/c28-25-9-5-4-8-24(25)27(33)36-22-16-10-19(11-17-22)18-29-30-26(32)20-12-14-21(15-13-20)31-37(34,35)23-6-2-1-3-7-23/h1-18,31H,(H,30,32)/b29-18-. The van der Waals surface area contributed by atoms with Gasteiger partial charge in [0, 0.05) is 14.8 Å². The summed E-state index contributed by atoms with van der Waals surface area (Å²) >= 11 is 2.08. The van der Waals surface area contributed by atoms with Crippen LogP contribution in [0.1, 0.15) is 26.3 Å². The van der Waals surface area contributed by atoms with Crippen molar-refractivity contribution in [3.63, 3.8) is 0 Å². The van der Waals surface area contributed by atoms with Crippen LogP contribution in [0.3, 0.4) is 0 Å². The fourth-order valence-electron chi connectivity index (χ4n) is 3.14. The van der Waals surface area contributed by atoms with Gasteiger partial charge in [-0.2, -0.15) is 5.10 Å². The van der Waals surface area contributed by atoms with Crippen LogP contribution in [0.25, 0.3) is 0 Å². The SMILES string of the molecule is O=C(N/N=C\c1ccc(OC(=O)c2ccccc2I)cc1)c1ccc(NS(=O)(=O)c2ccccc2)cc1. The van der Waals surface area contributed by atoms with Crippen molar-refractivity contribution >= 4 is 56.4 Å². The van der Waals surface area contributed by atoms with E-state index in [1.165, 1.54) is 42.6 Å². The summed E-state index contributed by atoms with van der Waals surface area (Å²) in [6, 6.07) is 27.8. The van der Waals surface area contributed by atoms with Gasteiger partial charge in [-0.3, -0.25) is 9.52 Å². The molecule has 4 aromatic carbocycles. The summed E-state index contributed by atoms with van der Waals surface area (Å²) in [7, 11) is -3.72. The molecule has 37 heavy (non-hydrogen) atoms. The third-order valence-electron chi connectivity index (χ3n) is 5.02. The Kier molecular flexibility index (Phi) is 8.31. The molecular formula is C27H20IN3O5S. The number of hydrazone groups is 1. The first kappa shape index (κ1) is 26.0. The number of rotatable bonds is 8. The zero-order valence-electron chi connectivity index (χ0n) is 19.2. The summed E-state index contributed by atoms with van der Waals surface area (Å²) in [6.45, 7) is 0. The lowest BCUT2D eigenvalue weighted by atomic mass is 10.2. The molecule has 0 spiro atoms. The minimum absolute atomic E-state index is 0.142. The van der Waals surface area contributed by atoms with Gasteiger partial charge in [-0.15, -0.1) is 0 Å². The molecule has 186 valence electrons. The van der Waals surface area contributed by atoms with Crippen molar-refractivity contribution < 1.29 is 22.7 Å². The lowest BCUT2D eigenvalue weighted by Gasteiger charge is -2.08. The van der Waals surface area contributed by atoms with Gasteiger partial charge in [0.1, 0.15) is 5.75 Å². The molecule has 0 fully saturated rings. The molecule has 0 unspecified atom stereocenters. The average Bonchev–Trinajstić information content (AvgIpc) is 2.90. The fourth-order valence-corrected chi connectivity index (χ4v) is 4.83. The molecule has 0 aliphatic rings. The second-order valence-electron chi connectivity index (χ2n) is 7.63. The predicted octanol–water partition coefficient (Wildman–Crippen LogP) is 5.08. The van der Waals surface area contributed by atoms with Crippen molar-refractivity contribution in [2.75, 3.05) is 4.72 Å². The molecule has 0 radical (unpaired) electrons. The fraction of sp³-hybridized carbons (Fsp3) is 0. The van der Waals surface area contributed by atoms with Crippen LogP contribution in [0.15, 0.2) is 113 Å². The smallest absolute Gasteiger partial charge is 0.344 e. The van der Waals surface area contributed by atoms with Crippen molar-refractivity contribution in [1.29, 1.82) is 0 Å². The van der Waals surface area contributed by atoms with Crippen LogP contribution >= 0.6 is 22.6 Å². The van der Waals surface area contributed by atoms with Gasteiger partial charge >= 0.3 is 5.97 Å². The number of carbonyl (C=O) groups excluding carboxylic acids is 2. The maximum atomic E-state index is 12.4. The Bertz CT molecular complexity index is 1540. The first-order valence-electron chi connectivity index (χ1n) is 10.9. The minimum Gasteiger partial charge on any atom is -0.423 e. The number of anilines is 1. The van der Waals surface area contributed by atoms with Crippen molar-refractivity contribution in [2.24, 2.45) is 5.10 Å². The van der Waals surface area contributed by atoms with Crippen molar-refractivity contribution in [2.45, 2.75) is 4.90 Å². The van der Waals surface area contributed by atoms with E-state index < -0.39 is 21.9 Å². The number of benzene rings is 4. The van der Waals surface area contributed by atoms with E-state index in [2.05, 4.69) is 37.8 Å². The molecule has 0 heterocycles. The summed E-state index contributed by atoms with van der Waals surface area (Å²) < 4.78 is 33.5. The summed E-state index contributed by atoms with van der Waals surface area (Å²) in [4.78, 5) is 24.8. The van der Waals surface area contributed by atoms with Gasteiger partial charge in [-0.05, 0) is 101 Å². The van der Waals surface area contributed by atoms with Crippen molar-refractivity contribution in [1.82, 2.24) is 5.43 Å². The molecule has 8 nitrogen and oxygen atoms in total. The minimum atomic E-state index is -3.72. The molecule has 10 heteroatoms. The lowest BCUT2D eigenvalue weighted by Crippen LogP contribution is -2.18. The number of ether oxygens (including phenoxy) is 1. The number of halogens is 1. The lowest BCUT2D eigenvalue weighted by molar-refractivity contribution is 0.0733. The summed E-state index contributed by atoms with van der Waals surface area (Å²) in [5, 5.41) is 3.94. The van der Waals surface area contributed by atoms with Crippen LogP contribution in [0, 0.1) is 3.57 Å². The highest BCUT2D eigenvalue weighted by Crippen LogP contribution is 2.18. The van der Waals surface area contributed by atoms with Gasteiger partial charge < -0.3 is 4.74 Å². The molecule has 0 atom stereocenters. The number of carbonyl (C=O) groups is 2. The van der Waals surface area contributed by atoms with Crippen LogP contribution < -0.4 is 14.9 Å². The molecule has 0 aliphatic heterocycles. The van der Waals surface area contributed by atoms with Crippen molar-refractivity contribution in [3.8, 4) is 5.75 Å². The molecule has 1 amide bonds. The van der Waals surface area contributed by atoms with Gasteiger partial charge in [0.25, 0.3) is 15.9 Å². The average molecular weight is 625 g/mol. The van der Waals surface area contributed by atoms with Crippen LogP contribution in [0.2, 0.25) is 0 Å². The Balaban J connectivity index is 1.31.